The van der Waals surface area contributed by atoms with Gasteiger partial charge in [0.2, 0.25) is 0 Å². The molecule has 2 bridgehead atoms. The standard InChI is InChI=1S/C25H25ClF4N2O5/c26-18-6-5-17(11-19(18)27)37-13-21(34)31-23-7-9-24(10-8-23,20(33)12-23)32-22(35)14-36-16-3-1-15(2-4-16)25(28,29)30/h1-6,11,20,33H,7-10,12-14H2,(H,31,34)(H,32,35)/t20-,23?,24?/m1/s1. The van der Waals surface area contributed by atoms with Crippen molar-refractivity contribution in [2.45, 2.75) is 55.5 Å². The number of alkyl halides is 3. The molecule has 12 heteroatoms. The number of aliphatic hydroxyl groups is 1. The molecule has 1 atom stereocenters. The van der Waals surface area contributed by atoms with Gasteiger partial charge in [-0.15, -0.1) is 0 Å². The zero-order valence-electron chi connectivity index (χ0n) is 19.5. The van der Waals surface area contributed by atoms with E-state index in [4.69, 9.17) is 21.1 Å². The lowest BCUT2D eigenvalue weighted by Gasteiger charge is -2.56. The second kappa shape index (κ2) is 10.4. The van der Waals surface area contributed by atoms with E-state index in [0.29, 0.717) is 25.7 Å². The van der Waals surface area contributed by atoms with Gasteiger partial charge in [-0.2, -0.15) is 13.2 Å². The number of carbonyl (C=O) groups is 2. The number of nitrogens with one attached hydrogen (secondary N) is 2. The minimum absolute atomic E-state index is 0.0594. The monoisotopic (exact) mass is 544 g/mol. The molecule has 0 aliphatic heterocycles. The van der Waals surface area contributed by atoms with Crippen molar-refractivity contribution in [3.8, 4) is 11.5 Å². The van der Waals surface area contributed by atoms with Crippen LogP contribution >= 0.6 is 11.6 Å². The van der Waals surface area contributed by atoms with Gasteiger partial charge in [-0.25, -0.2) is 4.39 Å². The van der Waals surface area contributed by atoms with Crippen molar-refractivity contribution in [2.24, 2.45) is 0 Å². The Kier molecular flexibility index (Phi) is 7.57. The fraction of sp³-hybridized carbons (Fsp3) is 0.440. The summed E-state index contributed by atoms with van der Waals surface area (Å²) >= 11 is 5.63. The lowest BCUT2D eigenvalue weighted by Crippen LogP contribution is -2.70. The Bertz CT molecular complexity index is 1150. The maximum atomic E-state index is 13.5. The van der Waals surface area contributed by atoms with Gasteiger partial charge in [-0.3, -0.25) is 9.59 Å². The highest BCUT2D eigenvalue weighted by molar-refractivity contribution is 6.30. The van der Waals surface area contributed by atoms with Crippen LogP contribution in [0.1, 0.15) is 37.7 Å². The first-order chi connectivity index (χ1) is 17.4. The van der Waals surface area contributed by atoms with Gasteiger partial charge >= 0.3 is 6.18 Å². The first-order valence-corrected chi connectivity index (χ1v) is 12.0. The normalized spacial score (nSPS) is 24.9. The van der Waals surface area contributed by atoms with Gasteiger partial charge in [0.1, 0.15) is 17.3 Å². The van der Waals surface area contributed by atoms with E-state index in [1.165, 1.54) is 12.1 Å². The van der Waals surface area contributed by atoms with Crippen molar-refractivity contribution in [3.63, 3.8) is 0 Å². The van der Waals surface area contributed by atoms with Crippen LogP contribution in [0.15, 0.2) is 42.5 Å². The predicted octanol–water partition coefficient (Wildman–Crippen LogP) is 4.00. The maximum Gasteiger partial charge on any atom is 0.416 e. The van der Waals surface area contributed by atoms with Crippen molar-refractivity contribution in [3.05, 3.63) is 58.9 Å². The number of carbonyl (C=O) groups excluding carboxylic acids is 2. The summed E-state index contributed by atoms with van der Waals surface area (Å²) in [6.45, 7) is -0.771. The van der Waals surface area contributed by atoms with Crippen molar-refractivity contribution in [1.82, 2.24) is 10.6 Å². The van der Waals surface area contributed by atoms with Gasteiger partial charge in [0.15, 0.2) is 13.2 Å². The number of aliphatic hydroxyl groups excluding tert-OH is 1. The zero-order valence-corrected chi connectivity index (χ0v) is 20.3. The molecule has 3 N–H and O–H groups in total. The van der Waals surface area contributed by atoms with Gasteiger partial charge < -0.3 is 25.2 Å². The summed E-state index contributed by atoms with van der Waals surface area (Å²) in [5, 5.41) is 16.5. The molecular weight excluding hydrogens is 520 g/mol. The molecule has 2 aromatic rings. The quantitative estimate of drug-likeness (QED) is 0.437. The summed E-state index contributed by atoms with van der Waals surface area (Å²) in [6.07, 6.45) is -3.36. The zero-order chi connectivity index (χ0) is 26.8. The molecule has 2 aromatic carbocycles. The highest BCUT2D eigenvalue weighted by Gasteiger charge is 2.55. The molecule has 0 spiro atoms. The second-order valence-corrected chi connectivity index (χ2v) is 9.84. The Balaban J connectivity index is 1.26. The Labute approximate surface area is 215 Å². The molecule has 0 saturated heterocycles. The highest BCUT2D eigenvalue weighted by atomic mass is 35.5. The van der Waals surface area contributed by atoms with E-state index < -0.39 is 53.2 Å². The van der Waals surface area contributed by atoms with E-state index in [-0.39, 0.29) is 29.5 Å². The lowest BCUT2D eigenvalue weighted by atomic mass is 9.60. The summed E-state index contributed by atoms with van der Waals surface area (Å²) in [5.41, 5.74) is -2.37. The predicted molar refractivity (Wildman–Crippen MR) is 125 cm³/mol. The van der Waals surface area contributed by atoms with Crippen LogP contribution in [0.25, 0.3) is 0 Å². The minimum atomic E-state index is -4.47. The van der Waals surface area contributed by atoms with Crippen LogP contribution in [0, 0.1) is 5.82 Å². The smallest absolute Gasteiger partial charge is 0.416 e. The number of ether oxygens (including phenoxy) is 2. The van der Waals surface area contributed by atoms with Gasteiger partial charge in [0.05, 0.1) is 22.2 Å². The average molecular weight is 545 g/mol. The summed E-state index contributed by atoms with van der Waals surface area (Å²) in [4.78, 5) is 25.0. The third-order valence-electron chi connectivity index (χ3n) is 6.93. The highest BCUT2D eigenvalue weighted by Crippen LogP contribution is 2.47. The molecule has 3 fully saturated rings. The SMILES string of the molecule is O=C(COc1ccc(Cl)c(F)c1)NC12CCC(NC(=O)COc3ccc(C(F)(F)F)cc3)(CC1)[C@H](O)C2. The minimum Gasteiger partial charge on any atom is -0.484 e. The van der Waals surface area contributed by atoms with Gasteiger partial charge in [0, 0.05) is 11.6 Å². The number of benzene rings is 2. The summed E-state index contributed by atoms with van der Waals surface area (Å²) in [7, 11) is 0. The van der Waals surface area contributed by atoms with Crippen LogP contribution < -0.4 is 20.1 Å². The van der Waals surface area contributed by atoms with Gasteiger partial charge in [0.25, 0.3) is 11.8 Å². The molecule has 3 saturated carbocycles. The molecule has 7 nitrogen and oxygen atoms in total. The molecule has 3 aliphatic carbocycles. The number of amides is 2. The Morgan fingerprint density at radius 3 is 2.08 bits per heavy atom. The number of hydrogen-bond acceptors (Lipinski definition) is 5. The third-order valence-corrected chi connectivity index (χ3v) is 7.23. The molecule has 0 unspecified atom stereocenters. The molecule has 5 rings (SSSR count). The van der Waals surface area contributed by atoms with Crippen LogP contribution in [0.4, 0.5) is 17.6 Å². The lowest BCUT2D eigenvalue weighted by molar-refractivity contribution is -0.137. The van der Waals surface area contributed by atoms with Crippen molar-refractivity contribution >= 4 is 23.4 Å². The first-order valence-electron chi connectivity index (χ1n) is 11.6. The Hall–Kier alpha value is -3.05. The molecule has 200 valence electrons. The van der Waals surface area contributed by atoms with Crippen LogP contribution in [0.5, 0.6) is 11.5 Å². The van der Waals surface area contributed by atoms with Crippen LogP contribution in [0.2, 0.25) is 5.02 Å². The number of halogens is 5. The van der Waals surface area contributed by atoms with Crippen molar-refractivity contribution in [1.29, 1.82) is 0 Å². The Morgan fingerprint density at radius 2 is 1.51 bits per heavy atom. The van der Waals surface area contributed by atoms with Gasteiger partial charge in [-0.1, -0.05) is 11.6 Å². The van der Waals surface area contributed by atoms with E-state index in [1.54, 1.807) is 0 Å². The topological polar surface area (TPSA) is 96.9 Å². The third kappa shape index (κ3) is 6.27. The van der Waals surface area contributed by atoms with E-state index in [0.717, 1.165) is 30.3 Å². The van der Waals surface area contributed by atoms with E-state index >= 15 is 0 Å². The molecule has 0 heterocycles. The van der Waals surface area contributed by atoms with Crippen molar-refractivity contribution < 1.29 is 41.7 Å². The van der Waals surface area contributed by atoms with E-state index in [9.17, 15) is 32.3 Å². The summed E-state index contributed by atoms with van der Waals surface area (Å²) < 4.78 is 62.2. The second-order valence-electron chi connectivity index (χ2n) is 9.43. The summed E-state index contributed by atoms with van der Waals surface area (Å²) in [6, 6.07) is 7.85. The van der Waals surface area contributed by atoms with E-state index in [2.05, 4.69) is 10.6 Å². The number of rotatable bonds is 8. The van der Waals surface area contributed by atoms with Crippen LogP contribution in [0.3, 0.4) is 0 Å². The van der Waals surface area contributed by atoms with Crippen molar-refractivity contribution in [2.75, 3.05) is 13.2 Å². The molecule has 0 radical (unpaired) electrons. The number of fused-ring (bicyclic) bond motifs is 3. The maximum absolute atomic E-state index is 13.5. The molecule has 37 heavy (non-hydrogen) atoms. The molecule has 3 aliphatic rings. The number of hydrogen-bond donors (Lipinski definition) is 3. The average Bonchev–Trinajstić information content (AvgIpc) is 2.84. The molecular formula is C25H25ClF4N2O5. The fourth-order valence-corrected chi connectivity index (χ4v) is 5.03. The molecule has 0 aromatic heterocycles. The van der Waals surface area contributed by atoms with E-state index in [1.807, 2.05) is 0 Å². The van der Waals surface area contributed by atoms with Crippen LogP contribution in [-0.2, 0) is 15.8 Å². The van der Waals surface area contributed by atoms with Gasteiger partial charge in [-0.05, 0) is 68.5 Å². The summed E-state index contributed by atoms with van der Waals surface area (Å²) in [5.74, 6) is -1.34. The van der Waals surface area contributed by atoms with Crippen LogP contribution in [-0.4, -0.2) is 47.3 Å². The molecule has 2 amide bonds. The Morgan fingerprint density at radius 1 is 0.946 bits per heavy atom. The first kappa shape index (κ1) is 27.0. The largest absolute Gasteiger partial charge is 0.484 e. The fourth-order valence-electron chi connectivity index (χ4n) is 4.91.